The van der Waals surface area contributed by atoms with Gasteiger partial charge in [-0.05, 0) is 34.1 Å². The minimum Gasteiger partial charge on any atom is -0.356 e. The highest BCUT2D eigenvalue weighted by molar-refractivity contribution is 9.10. The van der Waals surface area contributed by atoms with Crippen LogP contribution in [0.3, 0.4) is 0 Å². The van der Waals surface area contributed by atoms with E-state index >= 15 is 0 Å². The van der Waals surface area contributed by atoms with Crippen molar-refractivity contribution >= 4 is 32.9 Å². The highest BCUT2D eigenvalue weighted by Crippen LogP contribution is 2.11. The summed E-state index contributed by atoms with van der Waals surface area (Å²) in [5, 5.41) is 2.80. The van der Waals surface area contributed by atoms with Gasteiger partial charge < -0.3 is 15.3 Å². The monoisotopic (exact) mass is 318 g/mol. The molecule has 3 rings (SSSR count). The highest BCUT2D eigenvalue weighted by atomic mass is 79.9. The molecule has 0 saturated carbocycles. The van der Waals surface area contributed by atoms with Crippen LogP contribution < -0.4 is 5.32 Å². The van der Waals surface area contributed by atoms with Crippen LogP contribution in [0.4, 0.5) is 0 Å². The maximum absolute atomic E-state index is 11.8. The number of benzene rings is 1. The van der Waals surface area contributed by atoms with Crippen LogP contribution in [-0.2, 0) is 6.54 Å². The molecule has 6 heteroatoms. The Kier molecular flexibility index (Phi) is 3.08. The van der Waals surface area contributed by atoms with E-state index in [1.807, 2.05) is 24.3 Å². The summed E-state index contributed by atoms with van der Waals surface area (Å²) in [6.45, 7) is 0.365. The van der Waals surface area contributed by atoms with Crippen molar-refractivity contribution in [3.05, 3.63) is 52.5 Å². The SMILES string of the molecule is O=C(NCc1nc2ccccc2[nH]1)c1cc(Br)c[nH]1. The molecule has 0 unspecified atom stereocenters. The zero-order chi connectivity index (χ0) is 13.2. The number of hydrogen-bond donors (Lipinski definition) is 3. The van der Waals surface area contributed by atoms with E-state index in [2.05, 4.69) is 36.2 Å². The molecule has 2 heterocycles. The molecule has 1 amide bonds. The molecule has 0 saturated heterocycles. The molecule has 19 heavy (non-hydrogen) atoms. The summed E-state index contributed by atoms with van der Waals surface area (Å²) < 4.78 is 0.849. The van der Waals surface area contributed by atoms with Gasteiger partial charge in [-0.15, -0.1) is 0 Å². The van der Waals surface area contributed by atoms with Crippen molar-refractivity contribution in [2.75, 3.05) is 0 Å². The number of aromatic amines is 2. The number of rotatable bonds is 3. The van der Waals surface area contributed by atoms with E-state index in [9.17, 15) is 4.79 Å². The van der Waals surface area contributed by atoms with E-state index in [0.29, 0.717) is 12.2 Å². The Morgan fingerprint density at radius 3 is 2.95 bits per heavy atom. The normalized spacial score (nSPS) is 10.8. The Morgan fingerprint density at radius 1 is 1.37 bits per heavy atom. The fourth-order valence-corrected chi connectivity index (χ4v) is 2.19. The number of nitrogens with one attached hydrogen (secondary N) is 3. The van der Waals surface area contributed by atoms with Crippen LogP contribution in [0.25, 0.3) is 11.0 Å². The van der Waals surface area contributed by atoms with Crippen molar-refractivity contribution in [2.24, 2.45) is 0 Å². The molecule has 3 N–H and O–H groups in total. The first-order valence-electron chi connectivity index (χ1n) is 5.78. The molecule has 2 aromatic heterocycles. The van der Waals surface area contributed by atoms with E-state index < -0.39 is 0 Å². The fourth-order valence-electron chi connectivity index (χ4n) is 1.85. The lowest BCUT2D eigenvalue weighted by atomic mass is 10.3. The number of nitrogens with zero attached hydrogens (tertiary/aromatic N) is 1. The third-order valence-corrected chi connectivity index (χ3v) is 3.21. The van der Waals surface area contributed by atoms with Gasteiger partial charge in [0.25, 0.3) is 5.91 Å². The first-order chi connectivity index (χ1) is 9.22. The smallest absolute Gasteiger partial charge is 0.268 e. The van der Waals surface area contributed by atoms with Crippen molar-refractivity contribution in [1.82, 2.24) is 20.3 Å². The topological polar surface area (TPSA) is 73.6 Å². The number of halogens is 1. The van der Waals surface area contributed by atoms with Crippen LogP contribution in [0.5, 0.6) is 0 Å². The van der Waals surface area contributed by atoms with Crippen molar-refractivity contribution in [3.63, 3.8) is 0 Å². The highest BCUT2D eigenvalue weighted by Gasteiger charge is 2.08. The van der Waals surface area contributed by atoms with E-state index in [0.717, 1.165) is 21.3 Å². The number of amides is 1. The van der Waals surface area contributed by atoms with Gasteiger partial charge in [-0.3, -0.25) is 4.79 Å². The quantitative estimate of drug-likeness (QED) is 0.694. The molecule has 0 fully saturated rings. The number of fused-ring (bicyclic) bond motifs is 1. The largest absolute Gasteiger partial charge is 0.356 e. The van der Waals surface area contributed by atoms with E-state index in [1.54, 1.807) is 12.3 Å². The first-order valence-corrected chi connectivity index (χ1v) is 6.57. The first kappa shape index (κ1) is 12.0. The maximum Gasteiger partial charge on any atom is 0.268 e. The van der Waals surface area contributed by atoms with Gasteiger partial charge in [0.1, 0.15) is 11.5 Å². The average molecular weight is 319 g/mol. The zero-order valence-electron chi connectivity index (χ0n) is 9.90. The van der Waals surface area contributed by atoms with Crippen molar-refractivity contribution < 1.29 is 4.79 Å². The number of hydrogen-bond acceptors (Lipinski definition) is 2. The third kappa shape index (κ3) is 2.53. The van der Waals surface area contributed by atoms with Gasteiger partial charge >= 0.3 is 0 Å². The average Bonchev–Trinajstić information content (AvgIpc) is 3.01. The molecule has 3 aromatic rings. The molecule has 96 valence electrons. The number of imidazole rings is 1. The van der Waals surface area contributed by atoms with Gasteiger partial charge in [0.15, 0.2) is 0 Å². The Balaban J connectivity index is 1.70. The molecule has 0 atom stereocenters. The lowest BCUT2D eigenvalue weighted by Gasteiger charge is -2.00. The molecular formula is C13H11BrN4O. The summed E-state index contributed by atoms with van der Waals surface area (Å²) in [6.07, 6.45) is 1.72. The number of aromatic nitrogens is 3. The predicted molar refractivity (Wildman–Crippen MR) is 75.8 cm³/mol. The number of H-pyrrole nitrogens is 2. The maximum atomic E-state index is 11.8. The van der Waals surface area contributed by atoms with Gasteiger partial charge in [-0.2, -0.15) is 0 Å². The van der Waals surface area contributed by atoms with Crippen LogP contribution in [0, 0.1) is 0 Å². The second-order valence-corrected chi connectivity index (χ2v) is 5.03. The minimum atomic E-state index is -0.161. The summed E-state index contributed by atoms with van der Waals surface area (Å²) in [6, 6.07) is 9.49. The summed E-state index contributed by atoms with van der Waals surface area (Å²) in [5.41, 5.74) is 2.38. The molecule has 0 spiro atoms. The van der Waals surface area contributed by atoms with Gasteiger partial charge in [0.05, 0.1) is 17.6 Å². The predicted octanol–water partition coefficient (Wildman–Crippen LogP) is 2.58. The molecular weight excluding hydrogens is 308 g/mol. The van der Waals surface area contributed by atoms with E-state index in [4.69, 9.17) is 0 Å². The van der Waals surface area contributed by atoms with Crippen LogP contribution in [0.1, 0.15) is 16.3 Å². The fraction of sp³-hybridized carbons (Fsp3) is 0.0769. The summed E-state index contributed by atoms with van der Waals surface area (Å²) >= 11 is 3.29. The molecule has 5 nitrogen and oxygen atoms in total. The lowest BCUT2D eigenvalue weighted by molar-refractivity contribution is 0.0945. The minimum absolute atomic E-state index is 0.161. The summed E-state index contributed by atoms with van der Waals surface area (Å²) in [7, 11) is 0. The van der Waals surface area contributed by atoms with Gasteiger partial charge in [0, 0.05) is 10.7 Å². The van der Waals surface area contributed by atoms with Gasteiger partial charge in [-0.1, -0.05) is 12.1 Å². The second-order valence-electron chi connectivity index (χ2n) is 4.11. The Hall–Kier alpha value is -2.08. The standard InChI is InChI=1S/C13H11BrN4O/c14-8-5-11(15-6-8)13(19)16-7-12-17-9-3-1-2-4-10(9)18-12/h1-6,15H,7H2,(H,16,19)(H,17,18). The van der Waals surface area contributed by atoms with Crippen LogP contribution in [0.15, 0.2) is 41.0 Å². The summed E-state index contributed by atoms with van der Waals surface area (Å²) in [4.78, 5) is 22.3. The number of carbonyl (C=O) groups is 1. The molecule has 0 aliphatic carbocycles. The summed E-state index contributed by atoms with van der Waals surface area (Å²) in [5.74, 6) is 0.575. The molecule has 0 aliphatic heterocycles. The third-order valence-electron chi connectivity index (χ3n) is 2.75. The lowest BCUT2D eigenvalue weighted by Crippen LogP contribution is -2.23. The molecule has 0 aliphatic rings. The van der Waals surface area contributed by atoms with Crippen LogP contribution >= 0.6 is 15.9 Å². The number of carbonyl (C=O) groups excluding carboxylic acids is 1. The van der Waals surface area contributed by atoms with Gasteiger partial charge in [-0.25, -0.2) is 4.98 Å². The second kappa shape index (κ2) is 4.89. The van der Waals surface area contributed by atoms with E-state index in [-0.39, 0.29) is 5.91 Å². The molecule has 1 aromatic carbocycles. The zero-order valence-corrected chi connectivity index (χ0v) is 11.5. The molecule has 0 radical (unpaired) electrons. The van der Waals surface area contributed by atoms with Crippen molar-refractivity contribution in [1.29, 1.82) is 0 Å². The van der Waals surface area contributed by atoms with Crippen molar-refractivity contribution in [3.8, 4) is 0 Å². The molecule has 0 bridgehead atoms. The Labute approximate surface area is 117 Å². The Bertz CT molecular complexity index is 698. The van der Waals surface area contributed by atoms with Crippen LogP contribution in [-0.4, -0.2) is 20.9 Å². The Morgan fingerprint density at radius 2 is 2.21 bits per heavy atom. The van der Waals surface area contributed by atoms with E-state index in [1.165, 1.54) is 0 Å². The van der Waals surface area contributed by atoms with Gasteiger partial charge in [0.2, 0.25) is 0 Å². The number of para-hydroxylation sites is 2. The van der Waals surface area contributed by atoms with Crippen molar-refractivity contribution in [2.45, 2.75) is 6.54 Å². The van der Waals surface area contributed by atoms with Crippen LogP contribution in [0.2, 0.25) is 0 Å².